The lowest BCUT2D eigenvalue weighted by atomic mass is 9.93. The molecule has 39 heavy (non-hydrogen) atoms. The fraction of sp³-hybridized carbons (Fsp3) is 0.250. The zero-order valence-electron chi connectivity index (χ0n) is 20.6. The maximum Gasteiger partial charge on any atom is 0.416 e. The number of carbonyl (C=O) groups is 3. The van der Waals surface area contributed by atoms with Gasteiger partial charge in [0, 0.05) is 5.56 Å². The summed E-state index contributed by atoms with van der Waals surface area (Å²) < 4.78 is 52.0. The van der Waals surface area contributed by atoms with E-state index in [0.717, 1.165) is 17.7 Å². The second-order valence-corrected chi connectivity index (χ2v) is 9.04. The molecule has 1 heterocycles. The maximum atomic E-state index is 13.7. The largest absolute Gasteiger partial charge is 0.481 e. The first kappa shape index (κ1) is 27.5. The van der Waals surface area contributed by atoms with Gasteiger partial charge in [0.2, 0.25) is 0 Å². The molecule has 2 atom stereocenters. The number of rotatable bonds is 9. The van der Waals surface area contributed by atoms with Crippen LogP contribution in [-0.2, 0) is 33.5 Å². The van der Waals surface area contributed by atoms with Crippen molar-refractivity contribution in [2.24, 2.45) is 0 Å². The maximum absolute atomic E-state index is 13.7. The van der Waals surface area contributed by atoms with Gasteiger partial charge in [0.25, 0.3) is 0 Å². The number of aliphatic carboxylic acids is 2. The number of carbonyl (C=O) groups excluding carboxylic acids is 1. The van der Waals surface area contributed by atoms with Crippen LogP contribution in [0.15, 0.2) is 66.7 Å². The molecule has 3 aromatic carbocycles. The monoisotopic (exact) mass is 543 g/mol. The Morgan fingerprint density at radius 2 is 1.69 bits per heavy atom. The topological polar surface area (TPSA) is 113 Å². The summed E-state index contributed by atoms with van der Waals surface area (Å²) in [6, 6.07) is 15.6. The van der Waals surface area contributed by atoms with Crippen LogP contribution in [0.2, 0.25) is 0 Å². The van der Waals surface area contributed by atoms with E-state index in [4.69, 9.17) is 14.6 Å². The van der Waals surface area contributed by atoms with Crippen molar-refractivity contribution in [2.75, 3.05) is 6.61 Å². The summed E-state index contributed by atoms with van der Waals surface area (Å²) in [5, 5.41) is 18.3. The van der Waals surface area contributed by atoms with Crippen molar-refractivity contribution in [3.8, 4) is 16.9 Å². The van der Waals surface area contributed by atoms with Crippen molar-refractivity contribution in [3.05, 3.63) is 89.0 Å². The van der Waals surface area contributed by atoms with E-state index in [-0.39, 0.29) is 35.4 Å². The molecular weight excluding hydrogens is 519 g/mol. The number of ether oxygens (including phenoxy) is 2. The molecule has 1 aliphatic heterocycles. The van der Waals surface area contributed by atoms with E-state index in [1.165, 1.54) is 29.2 Å². The molecule has 1 fully saturated rings. The lowest BCUT2D eigenvalue weighted by Crippen LogP contribution is -2.31. The van der Waals surface area contributed by atoms with Crippen molar-refractivity contribution in [1.29, 1.82) is 0 Å². The Hall–Kier alpha value is -4.54. The third-order valence-corrected chi connectivity index (χ3v) is 6.33. The van der Waals surface area contributed by atoms with Crippen molar-refractivity contribution < 1.29 is 47.2 Å². The number of hydrogen-bond acceptors (Lipinski definition) is 5. The lowest BCUT2D eigenvalue weighted by molar-refractivity contribution is -0.139. The van der Waals surface area contributed by atoms with Gasteiger partial charge < -0.3 is 19.7 Å². The molecule has 0 aromatic heterocycles. The molecule has 11 heteroatoms. The van der Waals surface area contributed by atoms with Crippen LogP contribution in [0.4, 0.5) is 18.0 Å². The summed E-state index contributed by atoms with van der Waals surface area (Å²) in [7, 11) is 0. The Labute approximate surface area is 221 Å². The molecule has 0 spiro atoms. The average Bonchev–Trinajstić information content (AvgIpc) is 3.16. The van der Waals surface area contributed by atoms with Crippen LogP contribution in [-0.4, -0.2) is 45.8 Å². The number of amides is 1. The van der Waals surface area contributed by atoms with Gasteiger partial charge in [-0.15, -0.1) is 0 Å². The van der Waals surface area contributed by atoms with Crippen molar-refractivity contribution in [2.45, 2.75) is 38.2 Å². The Kier molecular flexibility index (Phi) is 7.80. The number of alkyl halides is 3. The van der Waals surface area contributed by atoms with Crippen LogP contribution >= 0.6 is 0 Å². The summed E-state index contributed by atoms with van der Waals surface area (Å²) in [4.78, 5) is 36.6. The zero-order chi connectivity index (χ0) is 28.3. The molecule has 8 nitrogen and oxygen atoms in total. The van der Waals surface area contributed by atoms with Crippen LogP contribution in [0.5, 0.6) is 5.75 Å². The van der Waals surface area contributed by atoms with Crippen molar-refractivity contribution in [1.82, 2.24) is 4.90 Å². The first-order chi connectivity index (χ1) is 18.4. The molecule has 1 aliphatic rings. The highest BCUT2D eigenvalue weighted by atomic mass is 19.4. The molecule has 0 saturated carbocycles. The number of hydrogen-bond donors (Lipinski definition) is 2. The molecule has 2 N–H and O–H groups in total. The summed E-state index contributed by atoms with van der Waals surface area (Å²) in [6.45, 7) is 0.740. The van der Waals surface area contributed by atoms with E-state index < -0.39 is 48.5 Å². The van der Waals surface area contributed by atoms with E-state index in [0.29, 0.717) is 5.56 Å². The van der Waals surface area contributed by atoms with Gasteiger partial charge in [-0.1, -0.05) is 42.5 Å². The quantitative estimate of drug-likeness (QED) is 0.364. The van der Waals surface area contributed by atoms with Gasteiger partial charge in [-0.05, 0) is 53.4 Å². The highest BCUT2D eigenvalue weighted by Gasteiger charge is 2.40. The van der Waals surface area contributed by atoms with Gasteiger partial charge in [0.1, 0.15) is 11.9 Å². The van der Waals surface area contributed by atoms with Crippen LogP contribution in [0.25, 0.3) is 11.1 Å². The number of halogens is 3. The third kappa shape index (κ3) is 6.31. The Bertz CT molecular complexity index is 1390. The molecule has 4 rings (SSSR count). The SMILES string of the molecule is C[C@H]1C(c2ccccc2)OC(=O)N1Cc1cc(C(F)(F)F)ccc1-c1cc(CC(=O)O)ccc1OCC(=O)O. The molecule has 1 saturated heterocycles. The van der Waals surface area contributed by atoms with Gasteiger partial charge in [-0.2, -0.15) is 13.2 Å². The molecule has 1 unspecified atom stereocenters. The van der Waals surface area contributed by atoms with Gasteiger partial charge in [0.15, 0.2) is 6.61 Å². The van der Waals surface area contributed by atoms with E-state index >= 15 is 0 Å². The van der Waals surface area contributed by atoms with Gasteiger partial charge in [0.05, 0.1) is 24.6 Å². The first-order valence-corrected chi connectivity index (χ1v) is 11.9. The van der Waals surface area contributed by atoms with Crippen molar-refractivity contribution >= 4 is 18.0 Å². The van der Waals surface area contributed by atoms with E-state index in [1.54, 1.807) is 37.3 Å². The highest BCUT2D eigenvalue weighted by Crippen LogP contribution is 2.40. The fourth-order valence-corrected chi connectivity index (χ4v) is 4.49. The van der Waals surface area contributed by atoms with Crippen LogP contribution in [0, 0.1) is 0 Å². The van der Waals surface area contributed by atoms with Crippen LogP contribution in [0.3, 0.4) is 0 Å². The minimum atomic E-state index is -4.68. The smallest absolute Gasteiger partial charge is 0.416 e. The fourth-order valence-electron chi connectivity index (χ4n) is 4.49. The Morgan fingerprint density at radius 3 is 2.33 bits per heavy atom. The lowest BCUT2D eigenvalue weighted by Gasteiger charge is -2.24. The Balaban J connectivity index is 1.79. The van der Waals surface area contributed by atoms with E-state index in [9.17, 15) is 32.7 Å². The summed E-state index contributed by atoms with van der Waals surface area (Å²) >= 11 is 0. The van der Waals surface area contributed by atoms with E-state index in [2.05, 4.69) is 0 Å². The average molecular weight is 543 g/mol. The second-order valence-electron chi connectivity index (χ2n) is 9.04. The van der Waals surface area contributed by atoms with Crippen LogP contribution in [0.1, 0.15) is 35.3 Å². The molecule has 0 radical (unpaired) electrons. The zero-order valence-corrected chi connectivity index (χ0v) is 20.6. The predicted octanol–water partition coefficient (Wildman–Crippen LogP) is 5.54. The molecule has 0 aliphatic carbocycles. The number of carboxylic acids is 2. The number of benzene rings is 3. The second kappa shape index (κ2) is 11.1. The predicted molar refractivity (Wildman–Crippen MR) is 132 cm³/mol. The Morgan fingerprint density at radius 1 is 0.974 bits per heavy atom. The first-order valence-electron chi connectivity index (χ1n) is 11.9. The van der Waals surface area contributed by atoms with Crippen LogP contribution < -0.4 is 4.74 Å². The molecular formula is C28H24F3NO7. The molecule has 204 valence electrons. The van der Waals surface area contributed by atoms with Gasteiger partial charge >= 0.3 is 24.2 Å². The molecule has 3 aromatic rings. The minimum absolute atomic E-state index is 0.0340. The number of carboxylic acid groups (broad SMARTS) is 2. The summed E-state index contributed by atoms with van der Waals surface area (Å²) in [6.07, 6.45) is -6.40. The standard InChI is InChI=1S/C28H24F3NO7/c1-16-26(18-5-3-2-4-6-18)39-27(37)32(16)14-19-13-20(28(29,30)31)8-9-21(19)22-11-17(12-24(33)34)7-10-23(22)38-15-25(35)36/h2-11,13,16,26H,12,14-15H2,1H3,(H,33,34)(H,35,36)/t16-,26?/m0/s1. The van der Waals surface area contributed by atoms with Crippen molar-refractivity contribution in [3.63, 3.8) is 0 Å². The highest BCUT2D eigenvalue weighted by molar-refractivity contribution is 5.78. The summed E-state index contributed by atoms with van der Waals surface area (Å²) in [5.41, 5.74) is 0.614. The normalized spacial score (nSPS) is 17.1. The van der Waals surface area contributed by atoms with E-state index in [1.807, 2.05) is 0 Å². The minimum Gasteiger partial charge on any atom is -0.481 e. The third-order valence-electron chi connectivity index (χ3n) is 6.33. The number of cyclic esters (lactones) is 1. The van der Waals surface area contributed by atoms with Gasteiger partial charge in [-0.25, -0.2) is 9.59 Å². The number of nitrogens with zero attached hydrogens (tertiary/aromatic N) is 1. The summed E-state index contributed by atoms with van der Waals surface area (Å²) in [5.74, 6) is -2.37. The van der Waals surface area contributed by atoms with Gasteiger partial charge in [-0.3, -0.25) is 9.69 Å². The molecule has 1 amide bonds. The molecule has 0 bridgehead atoms.